The Labute approximate surface area is 106 Å². The predicted octanol–water partition coefficient (Wildman–Crippen LogP) is 1.57. The van der Waals surface area contributed by atoms with Gasteiger partial charge in [-0.2, -0.15) is 0 Å². The molecule has 1 aromatic rings. The average Bonchev–Trinajstić information content (AvgIpc) is 2.34. The van der Waals surface area contributed by atoms with Gasteiger partial charge >= 0.3 is 5.97 Å². The molecule has 0 aliphatic carbocycles. The van der Waals surface area contributed by atoms with Crippen molar-refractivity contribution in [1.82, 2.24) is 5.32 Å². The second-order valence-electron chi connectivity index (χ2n) is 4.40. The quantitative estimate of drug-likeness (QED) is 0.716. The summed E-state index contributed by atoms with van der Waals surface area (Å²) in [7, 11) is 0. The lowest BCUT2D eigenvalue weighted by Crippen LogP contribution is -2.32. The number of carboxylic acid groups (broad SMARTS) is 1. The molecule has 0 fully saturated rings. The van der Waals surface area contributed by atoms with Gasteiger partial charge in [0.05, 0.1) is 12.1 Å². The second kappa shape index (κ2) is 6.64. The third-order valence-corrected chi connectivity index (χ3v) is 2.30. The lowest BCUT2D eigenvalue weighted by Gasteiger charge is -2.10. The van der Waals surface area contributed by atoms with Gasteiger partial charge in [0.2, 0.25) is 5.91 Å². The first-order valence-corrected chi connectivity index (χ1v) is 5.83. The molecule has 0 aliphatic rings. The topological polar surface area (TPSA) is 78.4 Å². The number of amides is 1. The van der Waals surface area contributed by atoms with Gasteiger partial charge < -0.3 is 15.7 Å². The largest absolute Gasteiger partial charge is 0.478 e. The third kappa shape index (κ3) is 4.45. The van der Waals surface area contributed by atoms with E-state index in [9.17, 15) is 9.59 Å². The van der Waals surface area contributed by atoms with Crippen LogP contribution in [0.5, 0.6) is 0 Å². The fourth-order valence-electron chi connectivity index (χ4n) is 1.38. The van der Waals surface area contributed by atoms with Gasteiger partial charge in [-0.3, -0.25) is 4.79 Å². The number of carboxylic acids is 1. The Bertz CT molecular complexity index is 430. The minimum atomic E-state index is -1.01. The van der Waals surface area contributed by atoms with Crippen LogP contribution < -0.4 is 10.6 Å². The minimum absolute atomic E-state index is 0.0665. The van der Waals surface area contributed by atoms with Gasteiger partial charge in [0, 0.05) is 12.2 Å². The van der Waals surface area contributed by atoms with E-state index in [1.807, 2.05) is 13.8 Å². The van der Waals surface area contributed by atoms with Crippen molar-refractivity contribution >= 4 is 17.6 Å². The minimum Gasteiger partial charge on any atom is -0.478 e. The van der Waals surface area contributed by atoms with Crippen molar-refractivity contribution < 1.29 is 14.7 Å². The van der Waals surface area contributed by atoms with E-state index in [4.69, 9.17) is 5.11 Å². The third-order valence-electron chi connectivity index (χ3n) is 2.30. The first-order chi connectivity index (χ1) is 8.50. The molecule has 1 rings (SSSR count). The molecule has 0 saturated carbocycles. The molecule has 0 radical (unpaired) electrons. The van der Waals surface area contributed by atoms with Crippen LogP contribution in [0.15, 0.2) is 24.3 Å². The highest BCUT2D eigenvalue weighted by Crippen LogP contribution is 2.14. The molecule has 1 amide bonds. The van der Waals surface area contributed by atoms with Crippen molar-refractivity contribution in [2.24, 2.45) is 5.92 Å². The normalized spacial score (nSPS) is 10.2. The van der Waals surface area contributed by atoms with E-state index in [2.05, 4.69) is 10.6 Å². The lowest BCUT2D eigenvalue weighted by atomic mass is 10.2. The summed E-state index contributed by atoms with van der Waals surface area (Å²) in [6, 6.07) is 6.50. The number of aromatic carboxylic acids is 1. The van der Waals surface area contributed by atoms with Gasteiger partial charge in [0.15, 0.2) is 0 Å². The van der Waals surface area contributed by atoms with Gasteiger partial charge in [-0.05, 0) is 18.1 Å². The van der Waals surface area contributed by atoms with Gasteiger partial charge in [0.1, 0.15) is 0 Å². The molecule has 0 aromatic heterocycles. The van der Waals surface area contributed by atoms with Crippen molar-refractivity contribution in [3.63, 3.8) is 0 Å². The predicted molar refractivity (Wildman–Crippen MR) is 69.7 cm³/mol. The molecule has 0 unspecified atom stereocenters. The zero-order valence-electron chi connectivity index (χ0n) is 10.6. The second-order valence-corrected chi connectivity index (χ2v) is 4.40. The first kappa shape index (κ1) is 14.0. The van der Waals surface area contributed by atoms with Crippen LogP contribution >= 0.6 is 0 Å². The number of para-hydroxylation sites is 1. The summed E-state index contributed by atoms with van der Waals surface area (Å²) in [5.74, 6) is -0.773. The van der Waals surface area contributed by atoms with Crippen molar-refractivity contribution in [3.8, 4) is 0 Å². The summed E-state index contributed by atoms with van der Waals surface area (Å²) in [6.07, 6.45) is 0. The molecule has 0 aliphatic heterocycles. The molecule has 0 heterocycles. The Morgan fingerprint density at radius 1 is 1.28 bits per heavy atom. The number of benzene rings is 1. The van der Waals surface area contributed by atoms with Gasteiger partial charge in [-0.25, -0.2) is 4.79 Å². The van der Waals surface area contributed by atoms with Gasteiger partial charge in [-0.1, -0.05) is 26.0 Å². The van der Waals surface area contributed by atoms with Crippen LogP contribution in [0.4, 0.5) is 5.69 Å². The number of hydrogen-bond acceptors (Lipinski definition) is 3. The Hall–Kier alpha value is -2.04. The number of rotatable bonds is 6. The van der Waals surface area contributed by atoms with E-state index in [-0.39, 0.29) is 18.0 Å². The van der Waals surface area contributed by atoms with E-state index in [1.165, 1.54) is 6.07 Å². The maximum atomic E-state index is 11.5. The van der Waals surface area contributed by atoms with Crippen molar-refractivity contribution in [2.75, 3.05) is 18.4 Å². The van der Waals surface area contributed by atoms with Crippen molar-refractivity contribution in [3.05, 3.63) is 29.8 Å². The first-order valence-electron chi connectivity index (χ1n) is 5.83. The molecular formula is C13H18N2O3. The number of carbonyl (C=O) groups is 2. The average molecular weight is 250 g/mol. The van der Waals surface area contributed by atoms with Crippen LogP contribution in [0, 0.1) is 5.92 Å². The summed E-state index contributed by atoms with van der Waals surface area (Å²) < 4.78 is 0. The molecule has 0 spiro atoms. The van der Waals surface area contributed by atoms with E-state index < -0.39 is 5.97 Å². The Balaban J connectivity index is 2.53. The standard InChI is InChI=1S/C13H18N2O3/c1-9(2)7-15-12(16)8-14-11-6-4-3-5-10(11)13(17)18/h3-6,9,14H,7-8H2,1-2H3,(H,15,16)(H,17,18). The van der Waals surface area contributed by atoms with E-state index in [0.29, 0.717) is 18.2 Å². The number of hydrogen-bond donors (Lipinski definition) is 3. The monoisotopic (exact) mass is 250 g/mol. The summed E-state index contributed by atoms with van der Waals surface area (Å²) in [6.45, 7) is 4.69. The fraction of sp³-hybridized carbons (Fsp3) is 0.385. The van der Waals surface area contributed by atoms with Crippen LogP contribution in [0.1, 0.15) is 24.2 Å². The van der Waals surface area contributed by atoms with Crippen molar-refractivity contribution in [2.45, 2.75) is 13.8 Å². The van der Waals surface area contributed by atoms with Gasteiger partial charge in [-0.15, -0.1) is 0 Å². The highest BCUT2D eigenvalue weighted by Gasteiger charge is 2.09. The Morgan fingerprint density at radius 3 is 2.56 bits per heavy atom. The molecule has 5 nitrogen and oxygen atoms in total. The van der Waals surface area contributed by atoms with Crippen LogP contribution in [0.25, 0.3) is 0 Å². The highest BCUT2D eigenvalue weighted by atomic mass is 16.4. The van der Waals surface area contributed by atoms with Crippen molar-refractivity contribution in [1.29, 1.82) is 0 Å². The number of nitrogens with one attached hydrogen (secondary N) is 2. The Kier molecular flexibility index (Phi) is 5.17. The number of anilines is 1. The van der Waals surface area contributed by atoms with Gasteiger partial charge in [0.25, 0.3) is 0 Å². The zero-order valence-corrected chi connectivity index (χ0v) is 10.6. The molecule has 0 bridgehead atoms. The maximum absolute atomic E-state index is 11.5. The molecule has 98 valence electrons. The smallest absolute Gasteiger partial charge is 0.337 e. The summed E-state index contributed by atoms with van der Waals surface area (Å²) >= 11 is 0. The molecule has 18 heavy (non-hydrogen) atoms. The maximum Gasteiger partial charge on any atom is 0.337 e. The Morgan fingerprint density at radius 2 is 1.94 bits per heavy atom. The lowest BCUT2D eigenvalue weighted by molar-refractivity contribution is -0.119. The highest BCUT2D eigenvalue weighted by molar-refractivity contribution is 5.95. The molecule has 0 atom stereocenters. The van der Waals surface area contributed by atoms with Crippen LogP contribution in [-0.4, -0.2) is 30.1 Å². The fourth-order valence-corrected chi connectivity index (χ4v) is 1.38. The SMILES string of the molecule is CC(C)CNC(=O)CNc1ccccc1C(=O)O. The molecule has 3 N–H and O–H groups in total. The van der Waals surface area contributed by atoms with E-state index in [0.717, 1.165) is 0 Å². The molecule has 0 saturated heterocycles. The van der Waals surface area contributed by atoms with Crippen LogP contribution in [0.3, 0.4) is 0 Å². The summed E-state index contributed by atoms with van der Waals surface area (Å²) in [4.78, 5) is 22.4. The zero-order chi connectivity index (χ0) is 13.5. The van der Waals surface area contributed by atoms with Crippen LogP contribution in [0.2, 0.25) is 0 Å². The molecular weight excluding hydrogens is 232 g/mol. The van der Waals surface area contributed by atoms with E-state index in [1.54, 1.807) is 18.2 Å². The summed E-state index contributed by atoms with van der Waals surface area (Å²) in [5, 5.41) is 14.5. The molecule has 5 heteroatoms. The van der Waals surface area contributed by atoms with Crippen LogP contribution in [-0.2, 0) is 4.79 Å². The molecule has 1 aromatic carbocycles. The van der Waals surface area contributed by atoms with E-state index >= 15 is 0 Å². The summed E-state index contributed by atoms with van der Waals surface area (Å²) in [5.41, 5.74) is 0.610. The number of carbonyl (C=O) groups excluding carboxylic acids is 1.